The molecule has 0 spiro atoms. The number of aliphatic hydroxyl groups excluding tert-OH is 1. The lowest BCUT2D eigenvalue weighted by Crippen LogP contribution is -2.35. The van der Waals surface area contributed by atoms with Crippen LogP contribution in [0.5, 0.6) is 0 Å². The van der Waals surface area contributed by atoms with Gasteiger partial charge in [-0.3, -0.25) is 9.36 Å². The number of hydrogen-bond donors (Lipinski definition) is 2. The lowest BCUT2D eigenvalue weighted by molar-refractivity contribution is 0.145. The third-order valence-corrected chi connectivity index (χ3v) is 4.90. The Hall–Kier alpha value is -1.73. The molecule has 0 amide bonds. The monoisotopic (exact) mass is 316 g/mol. The van der Waals surface area contributed by atoms with Gasteiger partial charge in [-0.25, -0.2) is 0 Å². The summed E-state index contributed by atoms with van der Waals surface area (Å²) in [5.74, 6) is 1.27. The van der Waals surface area contributed by atoms with Gasteiger partial charge < -0.3 is 10.4 Å². The number of aliphatic hydroxyl groups is 1. The lowest BCUT2D eigenvalue weighted by atomic mass is 10.1. The van der Waals surface area contributed by atoms with E-state index < -0.39 is 0 Å². The van der Waals surface area contributed by atoms with Crippen molar-refractivity contribution in [2.45, 2.75) is 57.5 Å². The van der Waals surface area contributed by atoms with Crippen LogP contribution in [0.1, 0.15) is 31.4 Å². The van der Waals surface area contributed by atoms with Gasteiger partial charge in [0.2, 0.25) is 0 Å². The van der Waals surface area contributed by atoms with Gasteiger partial charge in [0.05, 0.1) is 11.8 Å². The molecule has 0 aromatic carbocycles. The molecule has 1 unspecified atom stereocenters. The van der Waals surface area contributed by atoms with Gasteiger partial charge >= 0.3 is 0 Å². The van der Waals surface area contributed by atoms with E-state index in [-0.39, 0.29) is 12.1 Å². The normalized spacial score (nSPS) is 27.6. The Morgan fingerprint density at radius 2 is 2.04 bits per heavy atom. The second kappa shape index (κ2) is 6.41. The highest BCUT2D eigenvalue weighted by molar-refractivity contribution is 4.96. The third kappa shape index (κ3) is 3.79. The molecule has 2 fully saturated rings. The van der Waals surface area contributed by atoms with Crippen molar-refractivity contribution in [3.05, 3.63) is 30.4 Å². The maximum atomic E-state index is 10.3. The molecule has 124 valence electrons. The molecule has 2 saturated carbocycles. The van der Waals surface area contributed by atoms with Crippen molar-refractivity contribution in [3.8, 4) is 0 Å². The lowest BCUT2D eigenvalue weighted by Gasteiger charge is -2.15. The van der Waals surface area contributed by atoms with Gasteiger partial charge in [-0.2, -0.15) is 5.10 Å². The van der Waals surface area contributed by atoms with Crippen LogP contribution in [0, 0.1) is 11.8 Å². The number of nitrogens with zero attached hydrogens (tertiary/aromatic N) is 5. The molecule has 2 aliphatic carbocycles. The molecular formula is C16H24N6O. The Morgan fingerprint density at radius 3 is 2.83 bits per heavy atom. The minimum atomic E-state index is -0.294. The van der Waals surface area contributed by atoms with E-state index in [0.29, 0.717) is 12.5 Å². The maximum absolute atomic E-state index is 10.3. The summed E-state index contributed by atoms with van der Waals surface area (Å²) in [5, 5.41) is 26.4. The minimum absolute atomic E-state index is 0.129. The third-order valence-electron chi connectivity index (χ3n) is 4.90. The zero-order valence-electron chi connectivity index (χ0n) is 13.3. The Kier molecular flexibility index (Phi) is 4.13. The van der Waals surface area contributed by atoms with Crippen molar-refractivity contribution in [2.24, 2.45) is 11.8 Å². The number of nitrogens with one attached hydrogen (secondary N) is 1. The van der Waals surface area contributed by atoms with Gasteiger partial charge in [0.1, 0.15) is 0 Å². The second-order valence-electron chi connectivity index (χ2n) is 7.00. The van der Waals surface area contributed by atoms with Gasteiger partial charge in [-0.05, 0) is 43.6 Å². The molecule has 2 aromatic rings. The Labute approximate surface area is 135 Å². The van der Waals surface area contributed by atoms with Crippen LogP contribution in [-0.4, -0.2) is 42.0 Å². The summed E-state index contributed by atoms with van der Waals surface area (Å²) in [6.07, 6.45) is 9.93. The average molecular weight is 316 g/mol. The van der Waals surface area contributed by atoms with Crippen LogP contribution in [-0.2, 0) is 19.6 Å². The Bertz CT molecular complexity index is 620. The predicted molar refractivity (Wildman–Crippen MR) is 84.3 cm³/mol. The van der Waals surface area contributed by atoms with Crippen molar-refractivity contribution in [1.29, 1.82) is 0 Å². The fourth-order valence-corrected chi connectivity index (χ4v) is 3.47. The summed E-state index contributed by atoms with van der Waals surface area (Å²) in [6, 6.07) is 2.07. The Balaban J connectivity index is 1.26. The molecule has 3 atom stereocenters. The zero-order valence-corrected chi connectivity index (χ0v) is 13.3. The molecule has 2 heterocycles. The SMILES string of the molecule is O[C@@H]1CC(Cn2cccn2)C[C@H]1NCc1cn(CC2CC2)nn1. The van der Waals surface area contributed by atoms with E-state index in [1.54, 1.807) is 6.20 Å². The van der Waals surface area contributed by atoms with Crippen LogP contribution >= 0.6 is 0 Å². The summed E-state index contributed by atoms with van der Waals surface area (Å²) in [7, 11) is 0. The molecule has 0 aliphatic heterocycles. The van der Waals surface area contributed by atoms with Gasteiger partial charge in [0, 0.05) is 44.3 Å². The van der Waals surface area contributed by atoms with Crippen molar-refractivity contribution in [1.82, 2.24) is 30.1 Å². The number of rotatable bonds is 7. The van der Waals surface area contributed by atoms with Gasteiger partial charge in [-0.15, -0.1) is 5.10 Å². The van der Waals surface area contributed by atoms with E-state index in [9.17, 15) is 5.11 Å². The topological polar surface area (TPSA) is 80.8 Å². The largest absolute Gasteiger partial charge is 0.391 e. The van der Waals surface area contributed by atoms with Crippen molar-refractivity contribution in [3.63, 3.8) is 0 Å². The standard InChI is InChI=1S/C16H24N6O/c23-16-7-13(10-21-5-1-4-18-21)6-15(16)17-8-14-11-22(20-19-14)9-12-2-3-12/h1,4-5,11-13,15-17,23H,2-3,6-10H2/t13?,15-,16-/m1/s1. The fourth-order valence-electron chi connectivity index (χ4n) is 3.47. The first kappa shape index (κ1) is 14.8. The number of hydrogen-bond acceptors (Lipinski definition) is 5. The second-order valence-corrected chi connectivity index (χ2v) is 7.00. The van der Waals surface area contributed by atoms with Crippen LogP contribution in [0.25, 0.3) is 0 Å². The van der Waals surface area contributed by atoms with Crippen LogP contribution in [0.3, 0.4) is 0 Å². The molecule has 0 saturated heterocycles. The molecule has 23 heavy (non-hydrogen) atoms. The summed E-state index contributed by atoms with van der Waals surface area (Å²) in [4.78, 5) is 0. The summed E-state index contributed by atoms with van der Waals surface area (Å²) < 4.78 is 3.89. The van der Waals surface area contributed by atoms with E-state index in [1.807, 2.05) is 27.8 Å². The molecule has 0 bridgehead atoms. The molecule has 4 rings (SSSR count). The minimum Gasteiger partial charge on any atom is -0.391 e. The van der Waals surface area contributed by atoms with E-state index in [1.165, 1.54) is 12.8 Å². The van der Waals surface area contributed by atoms with Crippen LogP contribution in [0.4, 0.5) is 0 Å². The van der Waals surface area contributed by atoms with Crippen molar-refractivity contribution in [2.75, 3.05) is 0 Å². The molecule has 0 radical (unpaired) electrons. The van der Waals surface area contributed by atoms with Crippen LogP contribution < -0.4 is 5.32 Å². The van der Waals surface area contributed by atoms with Gasteiger partial charge in [0.15, 0.2) is 0 Å². The number of aromatic nitrogens is 5. The van der Waals surface area contributed by atoms with Crippen molar-refractivity contribution >= 4 is 0 Å². The predicted octanol–water partition coefficient (Wildman–Crippen LogP) is 0.814. The fraction of sp³-hybridized carbons (Fsp3) is 0.688. The average Bonchev–Trinajstić information content (AvgIpc) is 2.90. The van der Waals surface area contributed by atoms with Gasteiger partial charge in [-0.1, -0.05) is 5.21 Å². The summed E-state index contributed by atoms with van der Waals surface area (Å²) in [5.41, 5.74) is 0.952. The highest BCUT2D eigenvalue weighted by Gasteiger charge is 2.33. The highest BCUT2D eigenvalue weighted by Crippen LogP contribution is 2.30. The summed E-state index contributed by atoms with van der Waals surface area (Å²) in [6.45, 7) is 2.53. The van der Waals surface area contributed by atoms with E-state index in [4.69, 9.17) is 0 Å². The quantitative estimate of drug-likeness (QED) is 0.790. The first-order valence-electron chi connectivity index (χ1n) is 8.54. The molecule has 2 aromatic heterocycles. The van der Waals surface area contributed by atoms with Crippen molar-refractivity contribution < 1.29 is 5.11 Å². The first-order valence-corrected chi connectivity index (χ1v) is 8.54. The van der Waals surface area contributed by atoms with E-state index >= 15 is 0 Å². The van der Waals surface area contributed by atoms with Crippen LogP contribution in [0.15, 0.2) is 24.7 Å². The van der Waals surface area contributed by atoms with E-state index in [2.05, 4.69) is 20.7 Å². The molecule has 2 aliphatic rings. The Morgan fingerprint density at radius 1 is 1.17 bits per heavy atom. The van der Waals surface area contributed by atoms with Gasteiger partial charge in [0.25, 0.3) is 0 Å². The molecule has 2 N–H and O–H groups in total. The first-order chi connectivity index (χ1) is 11.3. The van der Waals surface area contributed by atoms with E-state index in [0.717, 1.165) is 37.5 Å². The maximum Gasteiger partial charge on any atom is 0.0964 e. The molecular weight excluding hydrogens is 292 g/mol. The van der Waals surface area contributed by atoms with Crippen LogP contribution in [0.2, 0.25) is 0 Å². The summed E-state index contributed by atoms with van der Waals surface area (Å²) >= 11 is 0. The smallest absolute Gasteiger partial charge is 0.0964 e. The molecule has 7 nitrogen and oxygen atoms in total. The zero-order chi connectivity index (χ0) is 15.6. The highest BCUT2D eigenvalue weighted by atomic mass is 16.3. The molecule has 7 heteroatoms.